The Balaban J connectivity index is 1.42. The molecule has 4 heteroatoms. The van der Waals surface area contributed by atoms with E-state index in [0.717, 1.165) is 70.2 Å². The Morgan fingerprint density at radius 3 is 0.688 bits per heavy atom. The minimum atomic E-state index is -0.466. The molecular formula is C44H42O4. The van der Waals surface area contributed by atoms with Crippen LogP contribution in [0.25, 0.3) is 11.1 Å². The van der Waals surface area contributed by atoms with Crippen molar-refractivity contribution in [2.45, 2.75) is 50.4 Å². The van der Waals surface area contributed by atoms with Gasteiger partial charge in [-0.2, -0.15) is 0 Å². The summed E-state index contributed by atoms with van der Waals surface area (Å²) in [6.45, 7) is 4.36. The third-order valence-corrected chi connectivity index (χ3v) is 9.78. The summed E-state index contributed by atoms with van der Waals surface area (Å²) in [5, 5.41) is 40.4. The van der Waals surface area contributed by atoms with Crippen LogP contribution in [0.15, 0.2) is 146 Å². The molecule has 0 radical (unpaired) electrons. The van der Waals surface area contributed by atoms with Gasteiger partial charge in [0.2, 0.25) is 0 Å². The molecule has 242 valence electrons. The second-order valence-corrected chi connectivity index (χ2v) is 12.7. The first-order chi connectivity index (χ1) is 23.3. The van der Waals surface area contributed by atoms with Crippen molar-refractivity contribution in [2.24, 2.45) is 0 Å². The largest absolute Gasteiger partial charge is 0.508 e. The van der Waals surface area contributed by atoms with E-state index < -0.39 is 10.8 Å². The monoisotopic (exact) mass is 634 g/mol. The van der Waals surface area contributed by atoms with Gasteiger partial charge in [0.1, 0.15) is 23.0 Å². The number of hydrogen-bond donors (Lipinski definition) is 4. The zero-order chi connectivity index (χ0) is 33.7. The van der Waals surface area contributed by atoms with Crippen LogP contribution < -0.4 is 0 Å². The molecule has 6 aromatic rings. The zero-order valence-electron chi connectivity index (χ0n) is 27.5. The Bertz CT molecular complexity index is 1690. The van der Waals surface area contributed by atoms with Gasteiger partial charge in [-0.3, -0.25) is 0 Å². The van der Waals surface area contributed by atoms with Crippen LogP contribution in [-0.4, -0.2) is 20.4 Å². The summed E-state index contributed by atoms with van der Waals surface area (Å²) in [4.78, 5) is 0. The number of phenolic OH excluding ortho intramolecular Hbond substituents is 4. The Hall–Kier alpha value is -5.48. The zero-order valence-corrected chi connectivity index (χ0v) is 27.5. The topological polar surface area (TPSA) is 80.9 Å². The molecule has 0 bridgehead atoms. The van der Waals surface area contributed by atoms with Gasteiger partial charge in [0.25, 0.3) is 0 Å². The molecule has 6 aromatic carbocycles. The lowest BCUT2D eigenvalue weighted by Gasteiger charge is -2.36. The minimum absolute atomic E-state index is 0.229. The molecule has 0 unspecified atom stereocenters. The van der Waals surface area contributed by atoms with Crippen molar-refractivity contribution < 1.29 is 20.4 Å². The van der Waals surface area contributed by atoms with Crippen molar-refractivity contribution in [3.05, 3.63) is 179 Å². The second kappa shape index (κ2) is 13.7. The second-order valence-electron chi connectivity index (χ2n) is 12.7. The molecule has 0 aliphatic rings. The highest BCUT2D eigenvalue weighted by Gasteiger charge is 2.37. The van der Waals surface area contributed by atoms with Gasteiger partial charge in [-0.05, 0) is 106 Å². The lowest BCUT2D eigenvalue weighted by Crippen LogP contribution is -2.29. The van der Waals surface area contributed by atoms with E-state index in [1.807, 2.05) is 48.5 Å². The SMILES string of the molecule is CCCC(c1ccc(O)cc1)(c1ccc(O)cc1)c1ccc(-c2ccc(C(CCC)(c3ccc(O)cc3)c3ccc(O)cc3)cc2)cc1. The van der Waals surface area contributed by atoms with E-state index in [4.69, 9.17) is 0 Å². The van der Waals surface area contributed by atoms with E-state index in [2.05, 4.69) is 62.4 Å². The number of hydrogen-bond acceptors (Lipinski definition) is 4. The van der Waals surface area contributed by atoms with Gasteiger partial charge in [0, 0.05) is 10.8 Å². The maximum absolute atomic E-state index is 10.1. The van der Waals surface area contributed by atoms with Gasteiger partial charge in [0.15, 0.2) is 0 Å². The van der Waals surface area contributed by atoms with Crippen molar-refractivity contribution in [2.75, 3.05) is 0 Å². The van der Waals surface area contributed by atoms with Crippen LogP contribution in [-0.2, 0) is 10.8 Å². The molecule has 0 aliphatic heterocycles. The molecule has 4 nitrogen and oxygen atoms in total. The summed E-state index contributed by atoms with van der Waals surface area (Å²) < 4.78 is 0. The molecule has 0 saturated carbocycles. The van der Waals surface area contributed by atoms with Gasteiger partial charge >= 0.3 is 0 Å². The average Bonchev–Trinajstić information content (AvgIpc) is 3.11. The standard InChI is InChI=1S/C44H42O4/c1-3-29-43(35-13-21-39(45)22-14-35,36-15-23-40(46)24-16-36)33-9-5-31(6-10-33)32-7-11-34(12-8-32)44(30-4-2,37-17-25-41(47)26-18-37)38-19-27-42(48)28-20-38/h5-28,45-48H,3-4,29-30H2,1-2H3. The fourth-order valence-electron chi connectivity index (χ4n) is 7.49. The lowest BCUT2D eigenvalue weighted by molar-refractivity contribution is 0.471. The molecule has 0 saturated heterocycles. The number of aromatic hydroxyl groups is 4. The maximum atomic E-state index is 10.1. The smallest absolute Gasteiger partial charge is 0.115 e. The maximum Gasteiger partial charge on any atom is 0.115 e. The molecule has 0 atom stereocenters. The Kier molecular flexibility index (Phi) is 9.27. The highest BCUT2D eigenvalue weighted by Crippen LogP contribution is 2.46. The van der Waals surface area contributed by atoms with Gasteiger partial charge in [-0.15, -0.1) is 0 Å². The minimum Gasteiger partial charge on any atom is -0.508 e. The molecule has 6 rings (SSSR count). The van der Waals surface area contributed by atoms with E-state index in [0.29, 0.717) is 0 Å². The number of benzene rings is 6. The van der Waals surface area contributed by atoms with Crippen molar-refractivity contribution in [1.29, 1.82) is 0 Å². The van der Waals surface area contributed by atoms with Crippen LogP contribution in [0.1, 0.15) is 72.9 Å². The summed E-state index contributed by atoms with van der Waals surface area (Å²) in [5.74, 6) is 0.916. The molecule has 0 amide bonds. The first-order valence-corrected chi connectivity index (χ1v) is 16.7. The van der Waals surface area contributed by atoms with E-state index in [9.17, 15) is 20.4 Å². The molecule has 0 fully saturated rings. The molecular weight excluding hydrogens is 592 g/mol. The predicted octanol–water partition coefficient (Wildman–Crippen LogP) is 10.4. The molecule has 0 spiro atoms. The Labute approximate surface area is 283 Å². The van der Waals surface area contributed by atoms with Crippen LogP contribution >= 0.6 is 0 Å². The molecule has 0 aliphatic carbocycles. The van der Waals surface area contributed by atoms with Crippen LogP contribution in [0.4, 0.5) is 0 Å². The van der Waals surface area contributed by atoms with E-state index in [1.165, 1.54) is 0 Å². The average molecular weight is 635 g/mol. The van der Waals surface area contributed by atoms with Crippen LogP contribution in [0.5, 0.6) is 23.0 Å². The predicted molar refractivity (Wildman–Crippen MR) is 194 cm³/mol. The summed E-state index contributed by atoms with van der Waals surface area (Å²) in [7, 11) is 0. The highest BCUT2D eigenvalue weighted by molar-refractivity contribution is 5.66. The number of rotatable bonds is 11. The summed E-state index contributed by atoms with van der Waals surface area (Å²) in [6, 6.07) is 47.4. The van der Waals surface area contributed by atoms with E-state index in [-0.39, 0.29) is 23.0 Å². The van der Waals surface area contributed by atoms with E-state index in [1.54, 1.807) is 48.5 Å². The van der Waals surface area contributed by atoms with Crippen LogP contribution in [0.3, 0.4) is 0 Å². The molecule has 48 heavy (non-hydrogen) atoms. The van der Waals surface area contributed by atoms with Gasteiger partial charge < -0.3 is 20.4 Å². The Morgan fingerprint density at radius 2 is 0.500 bits per heavy atom. The summed E-state index contributed by atoms with van der Waals surface area (Å²) >= 11 is 0. The lowest BCUT2D eigenvalue weighted by atomic mass is 9.66. The van der Waals surface area contributed by atoms with Gasteiger partial charge in [-0.25, -0.2) is 0 Å². The third kappa shape index (κ3) is 6.02. The molecule has 0 aromatic heterocycles. The van der Waals surface area contributed by atoms with E-state index >= 15 is 0 Å². The van der Waals surface area contributed by atoms with Crippen molar-refractivity contribution >= 4 is 0 Å². The van der Waals surface area contributed by atoms with Crippen LogP contribution in [0, 0.1) is 0 Å². The van der Waals surface area contributed by atoms with Gasteiger partial charge in [-0.1, -0.05) is 124 Å². The summed E-state index contributed by atoms with van der Waals surface area (Å²) in [5.41, 5.74) is 7.89. The van der Waals surface area contributed by atoms with Gasteiger partial charge in [0.05, 0.1) is 0 Å². The fraction of sp³-hybridized carbons (Fsp3) is 0.182. The van der Waals surface area contributed by atoms with Crippen LogP contribution in [0.2, 0.25) is 0 Å². The quantitative estimate of drug-likeness (QED) is 0.107. The highest BCUT2D eigenvalue weighted by atomic mass is 16.3. The Morgan fingerprint density at radius 1 is 0.312 bits per heavy atom. The number of phenols is 4. The summed E-state index contributed by atoms with van der Waals surface area (Å²) in [6.07, 6.45) is 3.58. The molecule has 4 N–H and O–H groups in total. The first kappa shape index (κ1) is 32.5. The first-order valence-electron chi connectivity index (χ1n) is 16.7. The van der Waals surface area contributed by atoms with Crippen molar-refractivity contribution in [3.8, 4) is 34.1 Å². The molecule has 0 heterocycles. The normalized spacial score (nSPS) is 11.8. The fourth-order valence-corrected chi connectivity index (χ4v) is 7.49. The van der Waals surface area contributed by atoms with Crippen molar-refractivity contribution in [3.63, 3.8) is 0 Å². The van der Waals surface area contributed by atoms with Crippen molar-refractivity contribution in [1.82, 2.24) is 0 Å². The third-order valence-electron chi connectivity index (χ3n) is 9.78.